The molecular formula is C10H18BLi2O8P. The molecule has 0 bridgehead atoms. The van der Waals surface area contributed by atoms with Crippen LogP contribution in [0.2, 0.25) is 13.6 Å². The third kappa shape index (κ3) is 6.77. The van der Waals surface area contributed by atoms with E-state index < -0.39 is 36.8 Å². The molecule has 2 saturated heterocycles. The van der Waals surface area contributed by atoms with Gasteiger partial charge >= 0.3 is 120 Å². The number of carbonyl (C=O) groups excluding carboxylic acids is 4. The van der Waals surface area contributed by atoms with Crippen molar-refractivity contribution < 1.29 is 75.3 Å². The summed E-state index contributed by atoms with van der Waals surface area (Å²) < 4.78 is 18.9. The molecule has 2 heterocycles. The van der Waals surface area contributed by atoms with Crippen LogP contribution in [0.3, 0.4) is 0 Å². The van der Waals surface area contributed by atoms with Crippen molar-refractivity contribution in [3.8, 4) is 0 Å². The predicted molar refractivity (Wildman–Crippen MR) is 72.5 cm³/mol. The van der Waals surface area contributed by atoms with Crippen LogP contribution in [0, 0.1) is 0 Å². The average molecular weight is 322 g/mol. The smallest absolute Gasteiger partial charge is 1.00 e. The summed E-state index contributed by atoms with van der Waals surface area (Å²) in [5, 5.41) is 0. The molecule has 0 unspecified atom stereocenters. The van der Waals surface area contributed by atoms with E-state index in [9.17, 15) is 19.2 Å². The zero-order chi connectivity index (χ0) is 16.0. The molecule has 0 radical (unpaired) electrons. The first kappa shape index (κ1) is 23.8. The number of hydrogen-bond donors (Lipinski definition) is 0. The van der Waals surface area contributed by atoms with Gasteiger partial charge in [0, 0.05) is 0 Å². The molecule has 0 aromatic heterocycles. The second-order valence-corrected chi connectivity index (χ2v) is 16.2. The van der Waals surface area contributed by atoms with Gasteiger partial charge in [0.2, 0.25) is 0 Å². The van der Waals surface area contributed by atoms with E-state index in [0.717, 1.165) is 0 Å². The minimum atomic E-state index is -3.47. The first-order valence-corrected chi connectivity index (χ1v) is 10.2. The van der Waals surface area contributed by atoms with Gasteiger partial charge < -0.3 is 9.31 Å². The molecule has 22 heavy (non-hydrogen) atoms. The topological polar surface area (TPSA) is 105 Å². The number of carbonyl (C=O) groups is 4. The maximum atomic E-state index is 10.7. The molecule has 2 aliphatic rings. The van der Waals surface area contributed by atoms with Crippen molar-refractivity contribution in [2.75, 3.05) is 26.7 Å². The van der Waals surface area contributed by atoms with Crippen LogP contribution in [0.1, 0.15) is 0 Å². The third-order valence-corrected chi connectivity index (χ3v) is 4.03. The third-order valence-electron chi connectivity index (χ3n) is 2.09. The molecule has 0 amide bonds. The SMILES string of the molecule is C[B-]1(C)OC(=O)C(=O)O1.C[P-]1(C)(C)(C)OC(=O)C(=O)O1.[Li+].[Li+]. The Labute approximate surface area is 152 Å². The molecular weight excluding hydrogens is 304 g/mol. The van der Waals surface area contributed by atoms with Crippen LogP contribution in [0.4, 0.5) is 0 Å². The molecule has 116 valence electrons. The Morgan fingerprint density at radius 2 is 0.955 bits per heavy atom. The normalized spacial score (nSPS) is 28.1. The van der Waals surface area contributed by atoms with Crippen molar-refractivity contribution in [1.29, 1.82) is 0 Å². The first-order chi connectivity index (χ1) is 8.53. The maximum absolute atomic E-state index is 10.7. The average Bonchev–Trinajstić information content (AvgIpc) is 2.43. The summed E-state index contributed by atoms with van der Waals surface area (Å²) in [6, 6.07) is 0. The Morgan fingerprint density at radius 3 is 1.05 bits per heavy atom. The van der Waals surface area contributed by atoms with Crippen LogP contribution in [0.25, 0.3) is 0 Å². The summed E-state index contributed by atoms with van der Waals surface area (Å²) in [5.41, 5.74) is 0. The van der Waals surface area contributed by atoms with Gasteiger partial charge in [0.25, 0.3) is 0 Å². The standard InChI is InChI=1S/C6H12O4P.C4H6BO4.2Li/c1-11(2,3,4)9-5(7)6(8)10-11;1-5(2)8-3(6)4(7)9-5;;/h1-4H3;1-2H3;;/q2*-1;2*+1. The van der Waals surface area contributed by atoms with Crippen LogP contribution in [0.5, 0.6) is 0 Å². The van der Waals surface area contributed by atoms with E-state index in [0.29, 0.717) is 0 Å². The fourth-order valence-corrected chi connectivity index (χ4v) is 3.11. The zero-order valence-electron chi connectivity index (χ0n) is 14.3. The molecule has 0 aliphatic carbocycles. The number of hydrogen-bond acceptors (Lipinski definition) is 8. The zero-order valence-corrected chi connectivity index (χ0v) is 15.2. The molecule has 0 spiro atoms. The van der Waals surface area contributed by atoms with Crippen LogP contribution in [-0.2, 0) is 37.5 Å². The Bertz CT molecular complexity index is 498. The Balaban J connectivity index is 0. The largest absolute Gasteiger partial charge is 1.00 e. The second kappa shape index (κ2) is 5.89. The van der Waals surface area contributed by atoms with E-state index in [2.05, 4.69) is 9.31 Å². The second-order valence-electron chi connectivity index (χ2n) is 7.40. The van der Waals surface area contributed by atoms with E-state index in [-0.39, 0.29) is 37.7 Å². The molecule has 0 aromatic carbocycles. The van der Waals surface area contributed by atoms with Crippen LogP contribution in [0.15, 0.2) is 0 Å². The van der Waals surface area contributed by atoms with Gasteiger partial charge in [0.05, 0.1) is 0 Å². The summed E-state index contributed by atoms with van der Waals surface area (Å²) >= 11 is 0. The fraction of sp³-hybridized carbons (Fsp3) is 0.600. The summed E-state index contributed by atoms with van der Waals surface area (Å²) in [6.45, 7) is 8.16. The van der Waals surface area contributed by atoms with Crippen molar-refractivity contribution in [2.24, 2.45) is 0 Å². The van der Waals surface area contributed by atoms with Gasteiger partial charge in [-0.25, -0.2) is 9.59 Å². The van der Waals surface area contributed by atoms with Gasteiger partial charge in [-0.05, 0) is 0 Å². The minimum Gasteiger partial charge on any atom is 1.00 e. The Kier molecular flexibility index (Phi) is 6.38. The van der Waals surface area contributed by atoms with Crippen LogP contribution in [-0.4, -0.2) is 57.1 Å². The van der Waals surface area contributed by atoms with Gasteiger partial charge in [-0.15, -0.1) is 13.6 Å². The van der Waals surface area contributed by atoms with Gasteiger partial charge in [0.1, 0.15) is 0 Å². The Hall–Kier alpha value is -0.430. The maximum Gasteiger partial charge on any atom is 1.00 e. The predicted octanol–water partition coefficient (Wildman–Crippen LogP) is -5.68. The summed E-state index contributed by atoms with van der Waals surface area (Å²) in [5.74, 6) is -3.54. The first-order valence-electron chi connectivity index (χ1n) is 5.91. The van der Waals surface area contributed by atoms with Crippen molar-refractivity contribution in [3.05, 3.63) is 0 Å². The molecule has 0 saturated carbocycles. The molecule has 0 aromatic rings. The number of rotatable bonds is 0. The van der Waals surface area contributed by atoms with Crippen molar-refractivity contribution in [2.45, 2.75) is 13.6 Å². The van der Waals surface area contributed by atoms with E-state index in [1.54, 1.807) is 40.3 Å². The molecule has 2 rings (SSSR count). The van der Waals surface area contributed by atoms with Gasteiger partial charge in [-0.2, -0.15) is 0 Å². The quantitative estimate of drug-likeness (QED) is 0.247. The van der Waals surface area contributed by atoms with Crippen LogP contribution >= 0.6 is 6.40 Å². The van der Waals surface area contributed by atoms with E-state index in [1.165, 1.54) is 0 Å². The van der Waals surface area contributed by atoms with Crippen molar-refractivity contribution in [1.82, 2.24) is 0 Å². The molecule has 0 N–H and O–H groups in total. The van der Waals surface area contributed by atoms with Crippen LogP contribution < -0.4 is 37.7 Å². The summed E-state index contributed by atoms with van der Waals surface area (Å²) in [6.07, 6.45) is -3.47. The van der Waals surface area contributed by atoms with E-state index in [4.69, 9.17) is 9.05 Å². The monoisotopic (exact) mass is 322 g/mol. The van der Waals surface area contributed by atoms with Gasteiger partial charge in [0.15, 0.2) is 0 Å². The fourth-order valence-electron chi connectivity index (χ4n) is 1.46. The molecule has 12 heteroatoms. The van der Waals surface area contributed by atoms with E-state index >= 15 is 0 Å². The minimum absolute atomic E-state index is 0. The van der Waals surface area contributed by atoms with E-state index in [1.807, 2.05) is 0 Å². The van der Waals surface area contributed by atoms with Crippen molar-refractivity contribution >= 4 is 36.8 Å². The molecule has 2 aliphatic heterocycles. The van der Waals surface area contributed by atoms with Gasteiger partial charge in [-0.3, -0.25) is 0 Å². The summed E-state index contributed by atoms with van der Waals surface area (Å²) in [4.78, 5) is 42.1. The van der Waals surface area contributed by atoms with Gasteiger partial charge in [-0.1, -0.05) is 0 Å². The Morgan fingerprint density at radius 1 is 0.682 bits per heavy atom. The molecule has 0 atom stereocenters. The molecule has 8 nitrogen and oxygen atoms in total. The molecule has 2 fully saturated rings. The van der Waals surface area contributed by atoms with Crippen molar-refractivity contribution in [3.63, 3.8) is 0 Å². The summed E-state index contributed by atoms with van der Waals surface area (Å²) in [7, 11) is 0.